The minimum atomic E-state index is -4.96. The first-order valence-electron chi connectivity index (χ1n) is 10.9. The highest BCUT2D eigenvalue weighted by atomic mass is 35.5. The standard InChI is InChI=1S/C24H20ClF3N4O4/c25-19-8-6-17(7-9-19)22(16-4-2-1-3-5-16)29-10-12-30(13-11-29)23-20(31(33)34)14-18(24(26,27)28)15-21(23)32(35)36/h1-9,14-15,22H,10-13H2/t22-/m1/s1. The smallest absolute Gasteiger partial charge is 0.358 e. The summed E-state index contributed by atoms with van der Waals surface area (Å²) >= 11 is 6.05. The molecule has 0 unspecified atom stereocenters. The van der Waals surface area contributed by atoms with Crippen LogP contribution in [0.4, 0.5) is 30.2 Å². The maximum absolute atomic E-state index is 13.3. The van der Waals surface area contributed by atoms with Gasteiger partial charge in [-0.2, -0.15) is 13.2 Å². The van der Waals surface area contributed by atoms with E-state index >= 15 is 0 Å². The minimum Gasteiger partial charge on any atom is -0.358 e. The van der Waals surface area contributed by atoms with Gasteiger partial charge in [0.2, 0.25) is 0 Å². The first kappa shape index (κ1) is 25.4. The number of nitro groups is 2. The molecule has 0 N–H and O–H groups in total. The molecule has 0 spiro atoms. The molecule has 3 aromatic rings. The van der Waals surface area contributed by atoms with Crippen molar-refractivity contribution in [3.8, 4) is 0 Å². The molecule has 1 aliphatic rings. The molecule has 1 fully saturated rings. The van der Waals surface area contributed by atoms with Gasteiger partial charge in [0.05, 0.1) is 21.5 Å². The van der Waals surface area contributed by atoms with E-state index < -0.39 is 38.6 Å². The Morgan fingerprint density at radius 1 is 0.806 bits per heavy atom. The van der Waals surface area contributed by atoms with E-state index in [9.17, 15) is 33.4 Å². The van der Waals surface area contributed by atoms with E-state index in [2.05, 4.69) is 4.90 Å². The predicted molar refractivity (Wildman–Crippen MR) is 128 cm³/mol. The molecule has 0 aromatic heterocycles. The Bertz CT molecular complexity index is 1230. The third-order valence-electron chi connectivity index (χ3n) is 6.09. The van der Waals surface area contributed by atoms with Crippen molar-refractivity contribution < 1.29 is 23.0 Å². The van der Waals surface area contributed by atoms with Crippen LogP contribution in [0, 0.1) is 20.2 Å². The Balaban J connectivity index is 1.67. The molecular weight excluding hydrogens is 501 g/mol. The van der Waals surface area contributed by atoms with Crippen molar-refractivity contribution in [3.63, 3.8) is 0 Å². The minimum absolute atomic E-state index is 0.143. The highest BCUT2D eigenvalue weighted by Crippen LogP contribution is 2.44. The lowest BCUT2D eigenvalue weighted by Gasteiger charge is -2.40. The van der Waals surface area contributed by atoms with Gasteiger partial charge in [-0.3, -0.25) is 25.1 Å². The normalized spacial score (nSPS) is 15.5. The van der Waals surface area contributed by atoms with E-state index in [0.29, 0.717) is 30.2 Å². The lowest BCUT2D eigenvalue weighted by Crippen LogP contribution is -2.48. The Morgan fingerprint density at radius 2 is 1.31 bits per heavy atom. The number of alkyl halides is 3. The monoisotopic (exact) mass is 520 g/mol. The summed E-state index contributed by atoms with van der Waals surface area (Å²) in [5.41, 5.74) is -1.77. The fourth-order valence-corrected chi connectivity index (χ4v) is 4.59. The van der Waals surface area contributed by atoms with Crippen molar-refractivity contribution >= 4 is 28.7 Å². The zero-order valence-corrected chi connectivity index (χ0v) is 19.4. The Labute approximate surface area is 208 Å². The highest BCUT2D eigenvalue weighted by Gasteiger charge is 2.40. The van der Waals surface area contributed by atoms with Crippen molar-refractivity contribution in [2.75, 3.05) is 31.1 Å². The zero-order chi connectivity index (χ0) is 26.0. The maximum atomic E-state index is 13.3. The number of nitrogens with zero attached hydrogens (tertiary/aromatic N) is 4. The van der Waals surface area contributed by atoms with Gasteiger partial charge >= 0.3 is 6.18 Å². The number of rotatable bonds is 6. The van der Waals surface area contributed by atoms with Crippen LogP contribution in [0.1, 0.15) is 22.7 Å². The average Bonchev–Trinajstić information content (AvgIpc) is 2.85. The van der Waals surface area contributed by atoms with Gasteiger partial charge in [-0.15, -0.1) is 0 Å². The van der Waals surface area contributed by atoms with Gasteiger partial charge in [0, 0.05) is 43.3 Å². The second-order valence-electron chi connectivity index (χ2n) is 8.26. The number of benzene rings is 3. The van der Waals surface area contributed by atoms with Gasteiger partial charge in [-0.25, -0.2) is 0 Å². The quantitative estimate of drug-likeness (QED) is 0.288. The number of hydrogen-bond acceptors (Lipinski definition) is 6. The summed E-state index contributed by atoms with van der Waals surface area (Å²) in [5.74, 6) is 0. The highest BCUT2D eigenvalue weighted by molar-refractivity contribution is 6.30. The lowest BCUT2D eigenvalue weighted by molar-refractivity contribution is -0.393. The van der Waals surface area contributed by atoms with Gasteiger partial charge in [0.15, 0.2) is 5.69 Å². The van der Waals surface area contributed by atoms with Crippen LogP contribution < -0.4 is 4.90 Å². The number of nitro benzene ring substituents is 2. The molecule has 1 aliphatic heterocycles. The Hall–Kier alpha value is -3.70. The number of halogens is 4. The summed E-state index contributed by atoms with van der Waals surface area (Å²) in [6, 6.07) is 17.5. The van der Waals surface area contributed by atoms with Crippen molar-refractivity contribution in [2.45, 2.75) is 12.2 Å². The van der Waals surface area contributed by atoms with Crippen LogP contribution in [-0.2, 0) is 6.18 Å². The van der Waals surface area contributed by atoms with E-state index in [-0.39, 0.29) is 19.1 Å². The third-order valence-corrected chi connectivity index (χ3v) is 6.34. The summed E-state index contributed by atoms with van der Waals surface area (Å²) in [5, 5.41) is 23.9. The lowest BCUT2D eigenvalue weighted by atomic mass is 9.96. The zero-order valence-electron chi connectivity index (χ0n) is 18.7. The molecular formula is C24H20ClF3N4O4. The van der Waals surface area contributed by atoms with E-state index in [0.717, 1.165) is 11.1 Å². The van der Waals surface area contributed by atoms with Crippen molar-refractivity contribution in [3.05, 3.63) is 109 Å². The first-order chi connectivity index (χ1) is 17.1. The molecule has 1 heterocycles. The topological polar surface area (TPSA) is 92.8 Å². The van der Waals surface area contributed by atoms with E-state index in [1.54, 1.807) is 12.1 Å². The summed E-state index contributed by atoms with van der Waals surface area (Å²) in [6.45, 7) is 1.00. The summed E-state index contributed by atoms with van der Waals surface area (Å²) in [6.07, 6.45) is -4.96. The first-order valence-corrected chi connectivity index (χ1v) is 11.3. The predicted octanol–water partition coefficient (Wildman–Crippen LogP) is 6.09. The second-order valence-corrected chi connectivity index (χ2v) is 8.70. The van der Waals surface area contributed by atoms with Gasteiger partial charge in [-0.1, -0.05) is 54.1 Å². The molecule has 1 atom stereocenters. The second kappa shape index (κ2) is 10.1. The average molecular weight is 521 g/mol. The summed E-state index contributed by atoms with van der Waals surface area (Å²) in [4.78, 5) is 24.8. The Morgan fingerprint density at radius 3 is 1.78 bits per heavy atom. The van der Waals surface area contributed by atoms with Crippen molar-refractivity contribution in [2.24, 2.45) is 0 Å². The molecule has 0 radical (unpaired) electrons. The van der Waals surface area contributed by atoms with Crippen LogP contribution in [0.2, 0.25) is 5.02 Å². The maximum Gasteiger partial charge on any atom is 0.416 e. The van der Waals surface area contributed by atoms with Gasteiger partial charge < -0.3 is 4.90 Å². The molecule has 36 heavy (non-hydrogen) atoms. The fourth-order valence-electron chi connectivity index (χ4n) is 4.47. The molecule has 188 valence electrons. The van der Waals surface area contributed by atoms with E-state index in [1.807, 2.05) is 42.5 Å². The Kier molecular flexibility index (Phi) is 7.14. The van der Waals surface area contributed by atoms with Crippen LogP contribution in [0.15, 0.2) is 66.7 Å². The largest absolute Gasteiger partial charge is 0.416 e. The molecule has 0 bridgehead atoms. The number of hydrogen-bond donors (Lipinski definition) is 0. The molecule has 1 saturated heterocycles. The summed E-state index contributed by atoms with van der Waals surface area (Å²) in [7, 11) is 0. The molecule has 8 nitrogen and oxygen atoms in total. The molecule has 12 heteroatoms. The van der Waals surface area contributed by atoms with Crippen molar-refractivity contribution in [1.82, 2.24) is 4.90 Å². The van der Waals surface area contributed by atoms with E-state index in [1.165, 1.54) is 4.90 Å². The molecule has 0 aliphatic carbocycles. The van der Waals surface area contributed by atoms with Gasteiger partial charge in [0.25, 0.3) is 11.4 Å². The van der Waals surface area contributed by atoms with Crippen LogP contribution in [0.25, 0.3) is 0 Å². The third kappa shape index (κ3) is 5.26. The number of piperazine rings is 1. The van der Waals surface area contributed by atoms with Crippen LogP contribution in [-0.4, -0.2) is 40.9 Å². The van der Waals surface area contributed by atoms with Gasteiger partial charge in [-0.05, 0) is 23.3 Å². The molecule has 3 aromatic carbocycles. The van der Waals surface area contributed by atoms with Crippen LogP contribution in [0.3, 0.4) is 0 Å². The van der Waals surface area contributed by atoms with E-state index in [4.69, 9.17) is 11.6 Å². The summed E-state index contributed by atoms with van der Waals surface area (Å²) < 4.78 is 39.8. The number of anilines is 1. The molecule has 0 saturated carbocycles. The van der Waals surface area contributed by atoms with Crippen molar-refractivity contribution in [1.29, 1.82) is 0 Å². The SMILES string of the molecule is O=[N+]([O-])c1cc(C(F)(F)F)cc([N+](=O)[O-])c1N1CCN([C@H](c2ccccc2)c2ccc(Cl)cc2)CC1. The van der Waals surface area contributed by atoms with Crippen LogP contribution >= 0.6 is 11.6 Å². The van der Waals surface area contributed by atoms with Crippen LogP contribution in [0.5, 0.6) is 0 Å². The molecule has 0 amide bonds. The molecule has 4 rings (SSSR count). The van der Waals surface area contributed by atoms with Gasteiger partial charge in [0.1, 0.15) is 0 Å². The fraction of sp³-hybridized carbons (Fsp3) is 0.250.